The highest BCUT2D eigenvalue weighted by Crippen LogP contribution is 1.92. The molecule has 1 rings (SSSR count). The lowest BCUT2D eigenvalue weighted by Crippen LogP contribution is -2.55. The molecule has 0 spiro atoms. The van der Waals surface area contributed by atoms with E-state index >= 15 is 0 Å². The zero-order valence-electron chi connectivity index (χ0n) is 6.68. The minimum atomic E-state index is 0.494. The average molecular weight is 144 g/mol. The Labute approximate surface area is 62.1 Å². The van der Waals surface area contributed by atoms with Crippen molar-refractivity contribution >= 4 is 0 Å². The third-order valence-electron chi connectivity index (χ3n) is 1.73. The summed E-state index contributed by atoms with van der Waals surface area (Å²) in [4.78, 5) is 0. The van der Waals surface area contributed by atoms with Crippen molar-refractivity contribution in [3.05, 3.63) is 0 Å². The molecule has 1 aliphatic heterocycles. The van der Waals surface area contributed by atoms with Gasteiger partial charge in [0.1, 0.15) is 0 Å². The highest BCUT2D eigenvalue weighted by atomic mass is 16.5. The molecule has 2 N–H and O–H groups in total. The third kappa shape index (κ3) is 2.25. The van der Waals surface area contributed by atoms with Crippen molar-refractivity contribution < 1.29 is 4.74 Å². The Balaban J connectivity index is 2.18. The van der Waals surface area contributed by atoms with Crippen molar-refractivity contribution in [3.8, 4) is 0 Å². The van der Waals surface area contributed by atoms with Crippen molar-refractivity contribution in [3.63, 3.8) is 0 Å². The first-order chi connectivity index (χ1) is 4.83. The van der Waals surface area contributed by atoms with Crippen LogP contribution < -0.4 is 10.6 Å². The molecule has 60 valence electrons. The van der Waals surface area contributed by atoms with Crippen molar-refractivity contribution in [1.29, 1.82) is 0 Å². The number of nitrogens with one attached hydrogen (secondary N) is 2. The molecule has 2 atom stereocenters. The summed E-state index contributed by atoms with van der Waals surface area (Å²) >= 11 is 0. The fourth-order valence-electron chi connectivity index (χ4n) is 1.30. The Morgan fingerprint density at radius 2 is 2.30 bits per heavy atom. The van der Waals surface area contributed by atoms with Crippen molar-refractivity contribution in [1.82, 2.24) is 10.6 Å². The molecule has 0 amide bonds. The molecule has 0 saturated carbocycles. The first kappa shape index (κ1) is 7.98. The van der Waals surface area contributed by atoms with Crippen LogP contribution in [-0.4, -0.2) is 38.9 Å². The Morgan fingerprint density at radius 3 is 2.90 bits per heavy atom. The zero-order chi connectivity index (χ0) is 7.40. The van der Waals surface area contributed by atoms with Gasteiger partial charge in [-0.1, -0.05) is 0 Å². The van der Waals surface area contributed by atoms with Gasteiger partial charge in [0.05, 0.1) is 6.61 Å². The summed E-state index contributed by atoms with van der Waals surface area (Å²) < 4.78 is 5.03. The molecule has 0 unspecified atom stereocenters. The molecular formula is C7H16N2O. The first-order valence-corrected chi connectivity index (χ1v) is 3.78. The van der Waals surface area contributed by atoms with Gasteiger partial charge in [-0.25, -0.2) is 0 Å². The second-order valence-electron chi connectivity index (χ2n) is 2.88. The molecule has 0 bridgehead atoms. The second kappa shape index (κ2) is 3.91. The van der Waals surface area contributed by atoms with Crippen LogP contribution in [0.2, 0.25) is 0 Å². The van der Waals surface area contributed by atoms with Crippen LogP contribution in [-0.2, 0) is 4.74 Å². The average Bonchev–Trinajstić information content (AvgIpc) is 1.88. The van der Waals surface area contributed by atoms with E-state index < -0.39 is 0 Å². The maximum atomic E-state index is 5.03. The second-order valence-corrected chi connectivity index (χ2v) is 2.88. The van der Waals surface area contributed by atoms with Crippen LogP contribution >= 0.6 is 0 Å². The molecule has 0 aromatic carbocycles. The maximum Gasteiger partial charge on any atom is 0.0628 e. The lowest BCUT2D eigenvalue weighted by atomic mass is 10.2. The molecule has 3 nitrogen and oxygen atoms in total. The number of hydrogen-bond acceptors (Lipinski definition) is 3. The van der Waals surface area contributed by atoms with Crippen molar-refractivity contribution in [2.45, 2.75) is 19.0 Å². The lowest BCUT2D eigenvalue weighted by molar-refractivity contribution is 0.150. The van der Waals surface area contributed by atoms with Gasteiger partial charge >= 0.3 is 0 Å². The Bertz CT molecular complexity index is 95.6. The monoisotopic (exact) mass is 144 g/mol. The third-order valence-corrected chi connectivity index (χ3v) is 1.73. The normalized spacial score (nSPS) is 34.2. The van der Waals surface area contributed by atoms with Gasteiger partial charge < -0.3 is 15.4 Å². The smallest absolute Gasteiger partial charge is 0.0628 e. The minimum absolute atomic E-state index is 0.494. The van der Waals surface area contributed by atoms with Crippen LogP contribution in [0.25, 0.3) is 0 Å². The van der Waals surface area contributed by atoms with Gasteiger partial charge in [0.15, 0.2) is 0 Å². The zero-order valence-corrected chi connectivity index (χ0v) is 6.68. The van der Waals surface area contributed by atoms with Crippen LogP contribution in [0.1, 0.15) is 6.92 Å². The van der Waals surface area contributed by atoms with Gasteiger partial charge in [0.2, 0.25) is 0 Å². The highest BCUT2D eigenvalue weighted by Gasteiger charge is 2.15. The maximum absolute atomic E-state index is 5.03. The summed E-state index contributed by atoms with van der Waals surface area (Å²) in [5.41, 5.74) is 0. The van der Waals surface area contributed by atoms with Gasteiger partial charge in [-0.3, -0.25) is 0 Å². The molecule has 0 aliphatic carbocycles. The van der Waals surface area contributed by atoms with Crippen molar-refractivity contribution in [2.75, 3.05) is 26.8 Å². The quantitative estimate of drug-likeness (QED) is 0.552. The summed E-state index contributed by atoms with van der Waals surface area (Å²) in [6, 6.07) is 1.07. The number of piperazine rings is 1. The first-order valence-electron chi connectivity index (χ1n) is 3.78. The van der Waals surface area contributed by atoms with E-state index in [4.69, 9.17) is 4.74 Å². The summed E-state index contributed by atoms with van der Waals surface area (Å²) in [5, 5.41) is 6.76. The van der Waals surface area contributed by atoms with Crippen LogP contribution in [0.4, 0.5) is 0 Å². The van der Waals surface area contributed by atoms with Gasteiger partial charge in [0.25, 0.3) is 0 Å². The van der Waals surface area contributed by atoms with Crippen LogP contribution in [0.5, 0.6) is 0 Å². The van der Waals surface area contributed by atoms with E-state index in [1.165, 1.54) is 0 Å². The number of methoxy groups -OCH3 is 1. The van der Waals surface area contributed by atoms with Crippen LogP contribution in [0, 0.1) is 0 Å². The van der Waals surface area contributed by atoms with E-state index in [0.717, 1.165) is 19.7 Å². The van der Waals surface area contributed by atoms with E-state index in [0.29, 0.717) is 12.1 Å². The van der Waals surface area contributed by atoms with E-state index in [1.807, 2.05) is 0 Å². The van der Waals surface area contributed by atoms with Crippen LogP contribution in [0.15, 0.2) is 0 Å². The van der Waals surface area contributed by atoms with Gasteiger partial charge in [-0.2, -0.15) is 0 Å². The van der Waals surface area contributed by atoms with E-state index in [9.17, 15) is 0 Å². The van der Waals surface area contributed by atoms with Gasteiger partial charge in [0, 0.05) is 32.3 Å². The largest absolute Gasteiger partial charge is 0.383 e. The summed E-state index contributed by atoms with van der Waals surface area (Å²) in [5.74, 6) is 0. The summed E-state index contributed by atoms with van der Waals surface area (Å²) in [6.07, 6.45) is 0. The summed E-state index contributed by atoms with van der Waals surface area (Å²) in [7, 11) is 1.74. The fraction of sp³-hybridized carbons (Fsp3) is 1.00. The molecule has 0 aromatic rings. The molecule has 3 heteroatoms. The van der Waals surface area contributed by atoms with E-state index in [1.54, 1.807) is 7.11 Å². The standard InChI is InChI=1S/C7H16N2O/c1-6-3-8-4-7(9-6)5-10-2/h6-9H,3-5H2,1-2H3/t6-,7+/m0/s1. The number of ether oxygens (including phenoxy) is 1. The Kier molecular flexibility index (Phi) is 3.12. The minimum Gasteiger partial charge on any atom is -0.383 e. The molecule has 0 radical (unpaired) electrons. The Morgan fingerprint density at radius 1 is 1.50 bits per heavy atom. The predicted molar refractivity (Wildman–Crippen MR) is 41.1 cm³/mol. The predicted octanol–water partition coefficient (Wildman–Crippen LogP) is -0.417. The van der Waals surface area contributed by atoms with Crippen LogP contribution in [0.3, 0.4) is 0 Å². The molecule has 1 heterocycles. The molecular weight excluding hydrogens is 128 g/mol. The molecule has 1 fully saturated rings. The summed E-state index contributed by atoms with van der Waals surface area (Å²) in [6.45, 7) is 5.07. The Hall–Kier alpha value is -0.120. The molecule has 0 aromatic heterocycles. The number of rotatable bonds is 2. The van der Waals surface area contributed by atoms with Gasteiger partial charge in [-0.15, -0.1) is 0 Å². The topological polar surface area (TPSA) is 33.3 Å². The molecule has 10 heavy (non-hydrogen) atoms. The van der Waals surface area contributed by atoms with Crippen molar-refractivity contribution in [2.24, 2.45) is 0 Å². The molecule has 1 saturated heterocycles. The number of hydrogen-bond donors (Lipinski definition) is 2. The van der Waals surface area contributed by atoms with E-state index in [2.05, 4.69) is 17.6 Å². The SMILES string of the molecule is COC[C@H]1CNC[C@H](C)N1. The highest BCUT2D eigenvalue weighted by molar-refractivity contribution is 4.80. The lowest BCUT2D eigenvalue weighted by Gasteiger charge is -2.28. The van der Waals surface area contributed by atoms with E-state index in [-0.39, 0.29) is 0 Å². The van der Waals surface area contributed by atoms with Gasteiger partial charge in [-0.05, 0) is 6.92 Å². The fourth-order valence-corrected chi connectivity index (χ4v) is 1.30. The molecule has 1 aliphatic rings.